The summed E-state index contributed by atoms with van der Waals surface area (Å²) in [5, 5.41) is 9.58. The van der Waals surface area contributed by atoms with Crippen LogP contribution in [0.3, 0.4) is 0 Å². The number of hydrogen-bond acceptors (Lipinski definition) is 2. The normalized spacial score (nSPS) is 40.4. The Morgan fingerprint density at radius 3 is 2.65 bits per heavy atom. The number of aliphatic hydroxyl groups is 1. The van der Waals surface area contributed by atoms with Crippen LogP contribution in [0.1, 0.15) is 52.9 Å². The summed E-state index contributed by atoms with van der Waals surface area (Å²) in [7, 11) is 0. The van der Waals surface area contributed by atoms with Crippen LogP contribution in [0.5, 0.6) is 0 Å². The SMILES string of the molecule is CC(C)=CCC[C@]12CC[C@](CO)(CO1)[C@H](C)C2. The van der Waals surface area contributed by atoms with Gasteiger partial charge in [-0.15, -0.1) is 0 Å². The van der Waals surface area contributed by atoms with Gasteiger partial charge in [0.1, 0.15) is 0 Å². The van der Waals surface area contributed by atoms with Gasteiger partial charge in [-0.05, 0) is 51.9 Å². The first-order valence-corrected chi connectivity index (χ1v) is 6.90. The maximum atomic E-state index is 9.58. The number of fused-ring (bicyclic) bond motifs is 3. The summed E-state index contributed by atoms with van der Waals surface area (Å²) >= 11 is 0. The molecule has 0 aromatic carbocycles. The Morgan fingerprint density at radius 1 is 1.41 bits per heavy atom. The molecule has 2 bridgehead atoms. The Kier molecular flexibility index (Phi) is 3.65. The summed E-state index contributed by atoms with van der Waals surface area (Å²) in [6.45, 7) is 7.64. The molecule has 0 spiro atoms. The lowest BCUT2D eigenvalue weighted by atomic mass is 9.59. The summed E-state index contributed by atoms with van der Waals surface area (Å²) in [6.07, 6.45) is 7.98. The summed E-state index contributed by atoms with van der Waals surface area (Å²) < 4.78 is 6.12. The van der Waals surface area contributed by atoms with E-state index in [0.29, 0.717) is 5.92 Å². The Bertz CT molecular complexity index is 294. The zero-order chi connectivity index (χ0) is 12.5. The van der Waals surface area contributed by atoms with Crippen molar-refractivity contribution in [2.24, 2.45) is 11.3 Å². The molecule has 0 radical (unpaired) electrons. The Hall–Kier alpha value is -0.340. The van der Waals surface area contributed by atoms with E-state index in [4.69, 9.17) is 4.74 Å². The molecule has 1 N–H and O–H groups in total. The molecule has 0 unspecified atom stereocenters. The van der Waals surface area contributed by atoms with Crippen LogP contribution < -0.4 is 0 Å². The highest BCUT2D eigenvalue weighted by Gasteiger charge is 2.53. The van der Waals surface area contributed by atoms with Gasteiger partial charge < -0.3 is 9.84 Å². The molecule has 2 heteroatoms. The molecule has 2 heterocycles. The van der Waals surface area contributed by atoms with E-state index < -0.39 is 0 Å². The first-order chi connectivity index (χ1) is 8.02. The van der Waals surface area contributed by atoms with E-state index in [1.807, 2.05) is 0 Å². The maximum absolute atomic E-state index is 9.58. The highest BCUT2D eigenvalue weighted by atomic mass is 16.5. The third-order valence-corrected chi connectivity index (χ3v) is 4.94. The van der Waals surface area contributed by atoms with Gasteiger partial charge in [0.15, 0.2) is 0 Å². The lowest BCUT2D eigenvalue weighted by Gasteiger charge is -2.56. The summed E-state index contributed by atoms with van der Waals surface area (Å²) in [6, 6.07) is 0. The van der Waals surface area contributed by atoms with Crippen LogP contribution in [-0.2, 0) is 4.74 Å². The van der Waals surface area contributed by atoms with Crippen LogP contribution in [0.4, 0.5) is 0 Å². The minimum Gasteiger partial charge on any atom is -0.396 e. The second-order valence-electron chi connectivity index (χ2n) is 6.42. The molecule has 3 aliphatic rings. The molecule has 1 saturated carbocycles. The molecule has 3 rings (SSSR count). The minimum atomic E-state index is 0.0677. The summed E-state index contributed by atoms with van der Waals surface area (Å²) in [5.41, 5.74) is 1.58. The molecule has 0 aromatic rings. The highest BCUT2D eigenvalue weighted by Crippen LogP contribution is 2.53. The smallest absolute Gasteiger partial charge is 0.0688 e. The Balaban J connectivity index is 1.98. The number of hydrogen-bond donors (Lipinski definition) is 1. The zero-order valence-electron chi connectivity index (χ0n) is 11.5. The van der Waals surface area contributed by atoms with Gasteiger partial charge in [-0.25, -0.2) is 0 Å². The molecule has 0 amide bonds. The molecule has 1 aliphatic carbocycles. The molecular weight excluding hydrogens is 212 g/mol. The molecular formula is C15H26O2. The second kappa shape index (κ2) is 4.74. The van der Waals surface area contributed by atoms with Crippen molar-refractivity contribution in [3.8, 4) is 0 Å². The van der Waals surface area contributed by atoms with Crippen LogP contribution in [0.15, 0.2) is 11.6 Å². The molecule has 17 heavy (non-hydrogen) atoms. The molecule has 0 aromatic heterocycles. The molecule has 3 fully saturated rings. The number of allylic oxidation sites excluding steroid dienone is 2. The van der Waals surface area contributed by atoms with Crippen molar-refractivity contribution in [1.29, 1.82) is 0 Å². The first kappa shape index (κ1) is 13.1. The average Bonchev–Trinajstić information content (AvgIpc) is 2.30. The van der Waals surface area contributed by atoms with Crippen molar-refractivity contribution in [3.05, 3.63) is 11.6 Å². The van der Waals surface area contributed by atoms with Crippen molar-refractivity contribution in [1.82, 2.24) is 0 Å². The lowest BCUT2D eigenvalue weighted by molar-refractivity contribution is -0.220. The molecule has 2 saturated heterocycles. The number of ether oxygens (including phenoxy) is 1. The van der Waals surface area contributed by atoms with Crippen LogP contribution >= 0.6 is 0 Å². The number of rotatable bonds is 4. The third kappa shape index (κ3) is 2.43. The zero-order valence-corrected chi connectivity index (χ0v) is 11.5. The van der Waals surface area contributed by atoms with Crippen molar-refractivity contribution in [2.75, 3.05) is 13.2 Å². The summed E-state index contributed by atoms with van der Waals surface area (Å²) in [5.74, 6) is 0.599. The van der Waals surface area contributed by atoms with E-state index in [1.165, 1.54) is 5.57 Å². The largest absolute Gasteiger partial charge is 0.396 e. The van der Waals surface area contributed by atoms with E-state index in [9.17, 15) is 5.11 Å². The van der Waals surface area contributed by atoms with E-state index in [1.54, 1.807) is 0 Å². The second-order valence-corrected chi connectivity index (χ2v) is 6.42. The van der Waals surface area contributed by atoms with Crippen LogP contribution in [0, 0.1) is 11.3 Å². The van der Waals surface area contributed by atoms with Gasteiger partial charge in [0, 0.05) is 5.41 Å². The predicted molar refractivity (Wildman–Crippen MR) is 69.9 cm³/mol. The van der Waals surface area contributed by atoms with Gasteiger partial charge in [-0.1, -0.05) is 18.6 Å². The number of aliphatic hydroxyl groups excluding tert-OH is 1. The van der Waals surface area contributed by atoms with E-state index >= 15 is 0 Å². The lowest BCUT2D eigenvalue weighted by Crippen LogP contribution is -2.56. The van der Waals surface area contributed by atoms with Gasteiger partial charge in [-0.2, -0.15) is 0 Å². The minimum absolute atomic E-state index is 0.0677. The van der Waals surface area contributed by atoms with Crippen molar-refractivity contribution in [3.63, 3.8) is 0 Å². The first-order valence-electron chi connectivity index (χ1n) is 6.90. The van der Waals surface area contributed by atoms with Gasteiger partial charge in [0.2, 0.25) is 0 Å². The molecule has 3 atom stereocenters. The van der Waals surface area contributed by atoms with Gasteiger partial charge in [0.25, 0.3) is 0 Å². The highest BCUT2D eigenvalue weighted by molar-refractivity contribution is 5.04. The van der Waals surface area contributed by atoms with Crippen molar-refractivity contribution < 1.29 is 9.84 Å². The van der Waals surface area contributed by atoms with Crippen LogP contribution in [0.25, 0.3) is 0 Å². The maximum Gasteiger partial charge on any atom is 0.0688 e. The molecule has 2 aliphatic heterocycles. The fourth-order valence-electron chi connectivity index (χ4n) is 3.45. The fraction of sp³-hybridized carbons (Fsp3) is 0.867. The van der Waals surface area contributed by atoms with Gasteiger partial charge in [-0.3, -0.25) is 0 Å². The predicted octanol–water partition coefficient (Wildman–Crippen LogP) is 3.30. The van der Waals surface area contributed by atoms with E-state index in [0.717, 1.165) is 38.7 Å². The standard InChI is InChI=1S/C15H26O2/c1-12(2)5-4-6-15-8-7-14(10-16,11-17-15)13(3)9-15/h5,13,16H,4,6-11H2,1-3H3/t13-,14+,15-/m1/s1. The van der Waals surface area contributed by atoms with E-state index in [-0.39, 0.29) is 17.6 Å². The van der Waals surface area contributed by atoms with Crippen LogP contribution in [0.2, 0.25) is 0 Å². The van der Waals surface area contributed by atoms with Crippen LogP contribution in [-0.4, -0.2) is 23.9 Å². The fourth-order valence-corrected chi connectivity index (χ4v) is 3.45. The van der Waals surface area contributed by atoms with Crippen molar-refractivity contribution >= 4 is 0 Å². The van der Waals surface area contributed by atoms with E-state index in [2.05, 4.69) is 26.8 Å². The Morgan fingerprint density at radius 2 is 2.18 bits per heavy atom. The van der Waals surface area contributed by atoms with Crippen molar-refractivity contribution in [2.45, 2.75) is 58.5 Å². The quantitative estimate of drug-likeness (QED) is 0.761. The Labute approximate surface area is 105 Å². The third-order valence-electron chi connectivity index (χ3n) is 4.94. The van der Waals surface area contributed by atoms with Gasteiger partial charge in [0.05, 0.1) is 18.8 Å². The van der Waals surface area contributed by atoms with Gasteiger partial charge >= 0.3 is 0 Å². The molecule has 98 valence electrons. The topological polar surface area (TPSA) is 29.5 Å². The molecule has 2 nitrogen and oxygen atoms in total. The summed E-state index contributed by atoms with van der Waals surface area (Å²) in [4.78, 5) is 0. The monoisotopic (exact) mass is 238 g/mol. The average molecular weight is 238 g/mol.